The molecule has 80 heavy (non-hydrogen) atoms. The summed E-state index contributed by atoms with van der Waals surface area (Å²) in [7, 11) is 1.77. The molecule has 1 unspecified atom stereocenters. The molecule has 8 fully saturated rings. The van der Waals surface area contributed by atoms with Crippen molar-refractivity contribution in [1.29, 1.82) is 0 Å². The SMILES string of the molecule is CCn1c(C2=C([C@H](C)OC)N=CC(N3CCN4CCCC[C@@H]4C3)C2)c2c3cc(ccc31)-c1csc(n1)C[C@H](NC(=O)[C@H](C1CCCC1)N1CC[C@]3(CCN(C(=O)[C@@H]4N[C@@H]4C4CC4)C3)C1)C(=O)N1CCC[C@H](N1)C(=O)OCC(C)(C)C2. The van der Waals surface area contributed by atoms with Gasteiger partial charge in [0.05, 0.1) is 40.8 Å². The third-order valence-corrected chi connectivity index (χ3v) is 21.4. The summed E-state index contributed by atoms with van der Waals surface area (Å²) in [4.78, 5) is 78.8. The number of fused-ring (bicyclic) bond motifs is 7. The second-order valence-electron chi connectivity index (χ2n) is 26.7. The second kappa shape index (κ2) is 22.2. The highest BCUT2D eigenvalue weighted by Crippen LogP contribution is 2.46. The van der Waals surface area contributed by atoms with Gasteiger partial charge in [0.25, 0.3) is 5.91 Å². The van der Waals surface area contributed by atoms with Crippen LogP contribution >= 0.6 is 11.3 Å². The highest BCUT2D eigenvalue weighted by Gasteiger charge is 2.55. The van der Waals surface area contributed by atoms with Crippen molar-refractivity contribution in [3.63, 3.8) is 0 Å². The van der Waals surface area contributed by atoms with Crippen LogP contribution in [-0.4, -0.2) is 185 Å². The van der Waals surface area contributed by atoms with E-state index in [1.807, 2.05) is 0 Å². The zero-order chi connectivity index (χ0) is 55.0. The number of amides is 3. The minimum absolute atomic E-state index is 0.0251. The Kier molecular flexibility index (Phi) is 15.2. The first-order chi connectivity index (χ1) is 38.8. The van der Waals surface area contributed by atoms with E-state index in [0.717, 1.165) is 130 Å². The van der Waals surface area contributed by atoms with Gasteiger partial charge in [-0.3, -0.25) is 49.2 Å². The van der Waals surface area contributed by atoms with Crippen molar-refractivity contribution in [2.24, 2.45) is 27.7 Å². The van der Waals surface area contributed by atoms with Gasteiger partial charge in [0.1, 0.15) is 18.1 Å². The van der Waals surface area contributed by atoms with E-state index in [2.05, 4.69) is 97.7 Å². The third kappa shape index (κ3) is 10.7. The van der Waals surface area contributed by atoms with Gasteiger partial charge in [-0.25, -0.2) is 10.4 Å². The number of piperidine rings is 1. The van der Waals surface area contributed by atoms with Crippen LogP contribution in [0.5, 0.6) is 0 Å². The van der Waals surface area contributed by atoms with Crippen LogP contribution in [0.15, 0.2) is 34.3 Å². The Morgan fingerprint density at radius 3 is 2.56 bits per heavy atom. The Morgan fingerprint density at radius 2 is 1.75 bits per heavy atom. The molecule has 10 heterocycles. The quantitative estimate of drug-likeness (QED) is 0.142. The molecule has 6 bridgehead atoms. The zero-order valence-corrected chi connectivity index (χ0v) is 49.0. The van der Waals surface area contributed by atoms with Crippen LogP contribution in [0.4, 0.5) is 0 Å². The number of hydrogen-bond donors (Lipinski definition) is 3. The molecule has 432 valence electrons. The van der Waals surface area contributed by atoms with Crippen LogP contribution in [0, 0.1) is 22.7 Å². The van der Waals surface area contributed by atoms with E-state index in [4.69, 9.17) is 19.5 Å². The molecule has 9 atom stereocenters. The smallest absolute Gasteiger partial charge is 0.324 e. The number of hydrazine groups is 1. The third-order valence-electron chi connectivity index (χ3n) is 20.5. The molecular weight excluding hydrogens is 1030 g/mol. The molecule has 17 nitrogen and oxygen atoms in total. The fraction of sp³-hybridized carbons (Fsp3) is 0.710. The fourth-order valence-corrected chi connectivity index (χ4v) is 16.7. The monoisotopic (exact) mass is 1110 g/mol. The van der Waals surface area contributed by atoms with Gasteiger partial charge in [-0.2, -0.15) is 0 Å². The van der Waals surface area contributed by atoms with Crippen LogP contribution in [0.2, 0.25) is 0 Å². The number of likely N-dealkylation sites (tertiary alicyclic amines) is 2. The molecular formula is C62H87N11O6S. The molecule has 3 amide bonds. The van der Waals surface area contributed by atoms with Crippen molar-refractivity contribution in [1.82, 2.24) is 50.2 Å². The summed E-state index contributed by atoms with van der Waals surface area (Å²) in [5, 5.41) is 12.4. The van der Waals surface area contributed by atoms with Crippen LogP contribution in [-0.2, 0) is 48.0 Å². The number of aliphatic imine (C=N–C) groups is 1. The summed E-state index contributed by atoms with van der Waals surface area (Å²) >= 11 is 1.52. The van der Waals surface area contributed by atoms with Gasteiger partial charge < -0.3 is 24.3 Å². The number of aryl methyl sites for hydroxylation is 1. The summed E-state index contributed by atoms with van der Waals surface area (Å²) in [5.41, 5.74) is 10.3. The Balaban J connectivity index is 0.815. The molecule has 2 saturated carbocycles. The largest absolute Gasteiger partial charge is 0.464 e. The molecule has 1 aromatic carbocycles. The number of aromatic nitrogens is 2. The van der Waals surface area contributed by atoms with E-state index in [-0.39, 0.29) is 72.3 Å². The first kappa shape index (κ1) is 54.7. The molecule has 10 aliphatic rings. The number of thiazole rings is 1. The summed E-state index contributed by atoms with van der Waals surface area (Å²) in [6.07, 6.45) is 17.1. The molecule has 3 N–H and O–H groups in total. The molecule has 3 aromatic rings. The molecule has 1 spiro atoms. The molecule has 6 saturated heterocycles. The molecule has 2 aromatic heterocycles. The Hall–Kier alpha value is -4.56. The van der Waals surface area contributed by atoms with Gasteiger partial charge in [-0.15, -0.1) is 11.3 Å². The Labute approximate surface area is 477 Å². The number of carbonyl (C=O) groups is 4. The predicted molar refractivity (Wildman–Crippen MR) is 311 cm³/mol. The van der Waals surface area contributed by atoms with Gasteiger partial charge in [0.2, 0.25) is 11.8 Å². The van der Waals surface area contributed by atoms with Crippen molar-refractivity contribution in [3.8, 4) is 11.3 Å². The normalized spacial score (nSPS) is 31.7. The van der Waals surface area contributed by atoms with Crippen molar-refractivity contribution in [2.75, 3.05) is 72.6 Å². The molecule has 8 aliphatic heterocycles. The van der Waals surface area contributed by atoms with E-state index in [0.29, 0.717) is 43.8 Å². The lowest BCUT2D eigenvalue weighted by Gasteiger charge is -2.46. The van der Waals surface area contributed by atoms with Crippen LogP contribution in [0.25, 0.3) is 27.7 Å². The van der Waals surface area contributed by atoms with E-state index in [9.17, 15) is 9.59 Å². The molecule has 18 heteroatoms. The zero-order valence-electron chi connectivity index (χ0n) is 48.2. The second-order valence-corrected chi connectivity index (χ2v) is 27.6. The lowest BCUT2D eigenvalue weighted by atomic mass is 9.83. The van der Waals surface area contributed by atoms with E-state index in [1.165, 1.54) is 66.8 Å². The number of benzene rings is 1. The minimum atomic E-state index is -0.923. The van der Waals surface area contributed by atoms with E-state index >= 15 is 9.59 Å². The average Bonchev–Trinajstić information content (AvgIpc) is 4.34. The van der Waals surface area contributed by atoms with Crippen molar-refractivity contribution < 1.29 is 28.7 Å². The summed E-state index contributed by atoms with van der Waals surface area (Å²) in [6.45, 7) is 17.5. The summed E-state index contributed by atoms with van der Waals surface area (Å²) in [6, 6.07) is 5.76. The number of piperazine rings is 1. The number of carbonyl (C=O) groups excluding carboxylic acids is 4. The first-order valence-electron chi connectivity index (χ1n) is 31.0. The topological polar surface area (TPSA) is 179 Å². The Morgan fingerprint density at radius 1 is 0.938 bits per heavy atom. The lowest BCUT2D eigenvalue weighted by molar-refractivity contribution is -0.155. The molecule has 13 rings (SSSR count). The highest BCUT2D eigenvalue weighted by atomic mass is 32.1. The molecule has 2 aliphatic carbocycles. The maximum atomic E-state index is 15.3. The van der Waals surface area contributed by atoms with Gasteiger partial charge in [-0.05, 0) is 134 Å². The maximum absolute atomic E-state index is 15.3. The van der Waals surface area contributed by atoms with Crippen molar-refractivity contribution in [2.45, 2.75) is 185 Å². The summed E-state index contributed by atoms with van der Waals surface area (Å²) < 4.78 is 14.9. The van der Waals surface area contributed by atoms with E-state index < -0.39 is 17.5 Å². The number of esters is 1. The van der Waals surface area contributed by atoms with Crippen molar-refractivity contribution in [3.05, 3.63) is 45.5 Å². The number of ether oxygens (including phenoxy) is 2. The average molecular weight is 1110 g/mol. The number of nitrogens with one attached hydrogen (secondary N) is 3. The first-order valence-corrected chi connectivity index (χ1v) is 31.9. The fourth-order valence-electron chi connectivity index (χ4n) is 15.9. The number of nitrogens with zero attached hydrogens (tertiary/aromatic N) is 8. The highest BCUT2D eigenvalue weighted by molar-refractivity contribution is 7.10. The minimum Gasteiger partial charge on any atom is -0.464 e. The predicted octanol–water partition coefficient (Wildman–Crippen LogP) is 6.43. The number of cyclic esters (lactones) is 1. The summed E-state index contributed by atoms with van der Waals surface area (Å²) in [5.74, 6) is 0.322. The standard InChI is InChI=1S/C62H87N11O6S/c1-6-72-50-19-18-41-28-44(50)46(56(72)45-29-43(32-63-52(45)38(2)78-5)69-27-26-68-22-10-9-14-42(68)33-69)31-61(3,4)37-79-60(77)47-15-11-23-73(67-47)58(75)48(30-51-64-49(41)34-80-51)65-57(74)55(40-12-7-8-13-40)70-24-20-62(35-70)21-25-71(36-62)59(76)54-53(66-54)39-16-17-39/h18-19,28,32,34,38-40,42-43,47-48,53-55,66-67H,6-17,20-27,29-31,33,35-37H2,1-5H3,(H,65,74)/t38-,42+,43?,47-,48-,53+,54+,55-,62-/m0/s1. The van der Waals surface area contributed by atoms with Crippen LogP contribution in [0.3, 0.4) is 0 Å². The molecule has 0 radical (unpaired) electrons. The van der Waals surface area contributed by atoms with Gasteiger partial charge in [0, 0.05) is 128 Å². The van der Waals surface area contributed by atoms with Gasteiger partial charge in [-0.1, -0.05) is 39.2 Å². The Bertz CT molecular complexity index is 2920. The van der Waals surface area contributed by atoms with E-state index in [1.54, 1.807) is 12.1 Å². The van der Waals surface area contributed by atoms with Crippen LogP contribution in [0.1, 0.15) is 134 Å². The lowest BCUT2D eigenvalue weighted by Crippen LogP contribution is -2.62. The number of hydrogen-bond acceptors (Lipinski definition) is 14. The van der Waals surface area contributed by atoms with Crippen LogP contribution < -0.4 is 16.1 Å². The maximum Gasteiger partial charge on any atom is 0.324 e. The van der Waals surface area contributed by atoms with Gasteiger partial charge >= 0.3 is 5.97 Å². The van der Waals surface area contributed by atoms with Gasteiger partial charge in [0.15, 0.2) is 0 Å². The number of rotatable bonds is 11. The number of methoxy groups -OCH3 is 1. The van der Waals surface area contributed by atoms with Crippen molar-refractivity contribution >= 4 is 57.7 Å².